The maximum absolute atomic E-state index is 12.8. The molecule has 0 bridgehead atoms. The zero-order chi connectivity index (χ0) is 13.8. The highest BCUT2D eigenvalue weighted by Crippen LogP contribution is 2.35. The third-order valence-corrected chi connectivity index (χ3v) is 4.99. The molecule has 1 aromatic heterocycles. The van der Waals surface area contributed by atoms with Gasteiger partial charge in [-0.15, -0.1) is 11.3 Å². The Morgan fingerprint density at radius 1 is 1.44 bits per heavy atom. The molecule has 0 aliphatic rings. The third kappa shape index (κ3) is 4.44. The maximum atomic E-state index is 12.8. The molecule has 0 aliphatic carbocycles. The molecule has 1 rings (SSSR count). The Labute approximate surface area is 113 Å². The molecule has 0 aliphatic heterocycles. The summed E-state index contributed by atoms with van der Waals surface area (Å²) in [5, 5.41) is 3.74. The van der Waals surface area contributed by atoms with Crippen molar-refractivity contribution in [1.29, 1.82) is 0 Å². The number of alkyl halides is 3. The number of hydrogen-bond donors (Lipinski definition) is 1. The number of thiazole rings is 1. The Bertz CT molecular complexity index is 377. The average molecular weight is 298 g/mol. The van der Waals surface area contributed by atoms with Crippen LogP contribution in [0, 0.1) is 0 Å². The van der Waals surface area contributed by atoms with E-state index in [2.05, 4.69) is 24.1 Å². The highest BCUT2D eigenvalue weighted by Gasteiger charge is 2.37. The van der Waals surface area contributed by atoms with Crippen LogP contribution >= 0.6 is 23.1 Å². The molecule has 0 saturated heterocycles. The second-order valence-corrected chi connectivity index (χ2v) is 6.53. The number of rotatable bonds is 6. The van der Waals surface area contributed by atoms with E-state index in [1.54, 1.807) is 18.8 Å². The van der Waals surface area contributed by atoms with E-state index >= 15 is 0 Å². The van der Waals surface area contributed by atoms with Crippen LogP contribution in [0.3, 0.4) is 0 Å². The molecule has 18 heavy (non-hydrogen) atoms. The summed E-state index contributed by atoms with van der Waals surface area (Å²) in [5.41, 5.74) is -0.735. The van der Waals surface area contributed by atoms with Gasteiger partial charge in [0.1, 0.15) is 5.01 Å². The molecule has 104 valence electrons. The third-order valence-electron chi connectivity index (χ3n) is 2.41. The fourth-order valence-corrected chi connectivity index (χ4v) is 3.36. The van der Waals surface area contributed by atoms with Crippen molar-refractivity contribution in [2.45, 2.75) is 44.0 Å². The molecule has 2 nitrogen and oxygen atoms in total. The Kier molecular flexibility index (Phi) is 5.94. The van der Waals surface area contributed by atoms with Gasteiger partial charge in [0, 0.05) is 17.5 Å². The lowest BCUT2D eigenvalue weighted by Gasteiger charge is -2.05. The SMILES string of the molecule is CCC(C)SCc1nc(C(F)(F)F)c(CNC)s1. The minimum Gasteiger partial charge on any atom is -0.315 e. The van der Waals surface area contributed by atoms with Crippen molar-refractivity contribution in [3.05, 3.63) is 15.6 Å². The van der Waals surface area contributed by atoms with Crippen LogP contribution in [0.1, 0.15) is 35.8 Å². The van der Waals surface area contributed by atoms with E-state index in [0.29, 0.717) is 16.0 Å². The summed E-state index contributed by atoms with van der Waals surface area (Å²) in [5.74, 6) is 0.548. The quantitative estimate of drug-likeness (QED) is 0.862. The number of thioether (sulfide) groups is 1. The zero-order valence-electron chi connectivity index (χ0n) is 10.6. The number of hydrogen-bond acceptors (Lipinski definition) is 4. The van der Waals surface area contributed by atoms with Crippen LogP contribution in [0.15, 0.2) is 0 Å². The Hall–Kier alpha value is -0.270. The summed E-state index contributed by atoms with van der Waals surface area (Å²) >= 11 is 2.79. The Morgan fingerprint density at radius 3 is 2.61 bits per heavy atom. The number of nitrogens with zero attached hydrogens (tertiary/aromatic N) is 1. The molecule has 0 aromatic carbocycles. The van der Waals surface area contributed by atoms with Gasteiger partial charge in [-0.3, -0.25) is 0 Å². The molecule has 7 heteroatoms. The second-order valence-electron chi connectivity index (χ2n) is 3.94. The topological polar surface area (TPSA) is 24.9 Å². The fourth-order valence-electron chi connectivity index (χ4n) is 1.30. The summed E-state index contributed by atoms with van der Waals surface area (Å²) in [4.78, 5) is 4.01. The number of nitrogens with one attached hydrogen (secondary N) is 1. The Morgan fingerprint density at radius 2 is 2.11 bits per heavy atom. The summed E-state index contributed by atoms with van der Waals surface area (Å²) in [6, 6.07) is 0. The van der Waals surface area contributed by atoms with Crippen molar-refractivity contribution in [3.8, 4) is 0 Å². The number of aromatic nitrogens is 1. The van der Waals surface area contributed by atoms with E-state index in [4.69, 9.17) is 0 Å². The van der Waals surface area contributed by atoms with E-state index in [-0.39, 0.29) is 11.4 Å². The van der Waals surface area contributed by atoms with Gasteiger partial charge in [0.15, 0.2) is 5.69 Å². The summed E-state index contributed by atoms with van der Waals surface area (Å²) in [6.45, 7) is 4.34. The van der Waals surface area contributed by atoms with Crippen molar-refractivity contribution in [2.75, 3.05) is 7.05 Å². The predicted octanol–water partition coefficient (Wildman–Crippen LogP) is 3.91. The van der Waals surface area contributed by atoms with E-state index in [1.165, 1.54) is 0 Å². The number of halogens is 3. The largest absolute Gasteiger partial charge is 0.434 e. The minimum absolute atomic E-state index is 0.209. The van der Waals surface area contributed by atoms with Crippen LogP contribution in [-0.2, 0) is 18.5 Å². The predicted molar refractivity (Wildman–Crippen MR) is 70.9 cm³/mol. The van der Waals surface area contributed by atoms with Crippen LogP contribution in [0.5, 0.6) is 0 Å². The lowest BCUT2D eigenvalue weighted by Crippen LogP contribution is -2.12. The summed E-state index contributed by atoms with van der Waals surface area (Å²) in [6.07, 6.45) is -3.35. The lowest BCUT2D eigenvalue weighted by atomic mass is 10.3. The van der Waals surface area contributed by atoms with Crippen LogP contribution in [0.4, 0.5) is 13.2 Å². The molecule has 1 atom stereocenters. The molecular weight excluding hydrogens is 281 g/mol. The van der Waals surface area contributed by atoms with Crippen LogP contribution in [0.25, 0.3) is 0 Å². The molecule has 0 radical (unpaired) electrons. The highest BCUT2D eigenvalue weighted by molar-refractivity contribution is 7.99. The van der Waals surface area contributed by atoms with Crippen molar-refractivity contribution >= 4 is 23.1 Å². The molecule has 0 spiro atoms. The molecule has 1 aromatic rings. The van der Waals surface area contributed by atoms with Gasteiger partial charge in [-0.25, -0.2) is 4.98 Å². The van der Waals surface area contributed by atoms with E-state index in [1.807, 2.05) is 0 Å². The van der Waals surface area contributed by atoms with Crippen LogP contribution in [-0.4, -0.2) is 17.3 Å². The van der Waals surface area contributed by atoms with Crippen molar-refractivity contribution in [1.82, 2.24) is 10.3 Å². The first kappa shape index (κ1) is 15.8. The highest BCUT2D eigenvalue weighted by atomic mass is 32.2. The molecule has 1 heterocycles. The zero-order valence-corrected chi connectivity index (χ0v) is 12.2. The van der Waals surface area contributed by atoms with Crippen molar-refractivity contribution in [3.63, 3.8) is 0 Å². The van der Waals surface area contributed by atoms with E-state index < -0.39 is 11.9 Å². The van der Waals surface area contributed by atoms with Crippen molar-refractivity contribution < 1.29 is 13.2 Å². The van der Waals surface area contributed by atoms with Crippen LogP contribution < -0.4 is 5.32 Å². The Balaban J connectivity index is 2.82. The molecule has 0 fully saturated rings. The first-order valence-corrected chi connectivity index (χ1v) is 7.57. The average Bonchev–Trinajstić information content (AvgIpc) is 2.69. The normalized spacial score (nSPS) is 13.9. The monoisotopic (exact) mass is 298 g/mol. The van der Waals surface area contributed by atoms with Gasteiger partial charge in [0.05, 0.1) is 4.88 Å². The van der Waals surface area contributed by atoms with Gasteiger partial charge < -0.3 is 5.32 Å². The molecule has 0 amide bonds. The van der Waals surface area contributed by atoms with Crippen LogP contribution in [0.2, 0.25) is 0 Å². The van der Waals surface area contributed by atoms with E-state index in [0.717, 1.165) is 17.8 Å². The maximum Gasteiger partial charge on any atom is 0.434 e. The van der Waals surface area contributed by atoms with Gasteiger partial charge in [0.2, 0.25) is 0 Å². The lowest BCUT2D eigenvalue weighted by molar-refractivity contribution is -0.141. The fraction of sp³-hybridized carbons (Fsp3) is 0.727. The van der Waals surface area contributed by atoms with Gasteiger partial charge in [0.25, 0.3) is 0 Å². The summed E-state index contributed by atoms with van der Waals surface area (Å²) in [7, 11) is 1.63. The van der Waals surface area contributed by atoms with Gasteiger partial charge in [-0.2, -0.15) is 24.9 Å². The first-order valence-electron chi connectivity index (χ1n) is 5.70. The summed E-state index contributed by atoms with van der Waals surface area (Å²) < 4.78 is 38.3. The second kappa shape index (κ2) is 6.77. The smallest absolute Gasteiger partial charge is 0.315 e. The van der Waals surface area contributed by atoms with Gasteiger partial charge >= 0.3 is 6.18 Å². The van der Waals surface area contributed by atoms with E-state index in [9.17, 15) is 13.2 Å². The van der Waals surface area contributed by atoms with Crippen molar-refractivity contribution in [2.24, 2.45) is 0 Å². The molecule has 1 unspecified atom stereocenters. The molecule has 1 N–H and O–H groups in total. The molecule has 0 saturated carbocycles. The standard InChI is InChI=1S/C11H17F3N2S2/c1-4-7(2)17-6-9-16-10(11(12,13)14)8(18-9)5-15-3/h7,15H,4-6H2,1-3H3. The van der Waals surface area contributed by atoms with Gasteiger partial charge in [-0.05, 0) is 13.5 Å². The van der Waals surface area contributed by atoms with Gasteiger partial charge in [-0.1, -0.05) is 13.8 Å². The minimum atomic E-state index is -4.36. The first-order chi connectivity index (χ1) is 8.38. The molecular formula is C11H17F3N2S2.